The predicted octanol–water partition coefficient (Wildman–Crippen LogP) is 5.79. The van der Waals surface area contributed by atoms with E-state index in [2.05, 4.69) is 15.9 Å². The molecule has 0 spiro atoms. The number of hydrogen-bond acceptors (Lipinski definition) is 4. The number of hydrogen-bond donors (Lipinski definition) is 0. The van der Waals surface area contributed by atoms with E-state index in [0.29, 0.717) is 22.0 Å². The largest absolute Gasteiger partial charge is 0.464 e. The van der Waals surface area contributed by atoms with Crippen molar-refractivity contribution in [1.29, 1.82) is 0 Å². The zero-order chi connectivity index (χ0) is 21.7. The lowest BCUT2D eigenvalue weighted by molar-refractivity contribution is -0.141. The van der Waals surface area contributed by atoms with Gasteiger partial charge >= 0.3 is 5.97 Å². The molecular weight excluding hydrogens is 490 g/mol. The van der Waals surface area contributed by atoms with Crippen molar-refractivity contribution >= 4 is 60.0 Å². The molecule has 0 aliphatic heterocycles. The summed E-state index contributed by atoms with van der Waals surface area (Å²) in [6.45, 7) is 1.80. The van der Waals surface area contributed by atoms with Gasteiger partial charge in [-0.15, -0.1) is 0 Å². The summed E-state index contributed by atoms with van der Waals surface area (Å²) in [4.78, 5) is 12.5. The van der Waals surface area contributed by atoms with Gasteiger partial charge in [0.2, 0.25) is 0 Å². The smallest absolute Gasteiger partial charge is 0.326 e. The number of nitrogens with zero attached hydrogens (tertiary/aromatic N) is 1. The lowest BCUT2D eigenvalue weighted by Gasteiger charge is -2.25. The molecule has 0 radical (unpaired) electrons. The van der Waals surface area contributed by atoms with Gasteiger partial charge in [0.25, 0.3) is 10.0 Å². The number of carbonyl (C=O) groups excluding carboxylic acids is 1. The van der Waals surface area contributed by atoms with E-state index in [4.69, 9.17) is 16.3 Å². The molecule has 0 N–H and O–H groups in total. The van der Waals surface area contributed by atoms with E-state index in [-0.39, 0.29) is 16.5 Å². The number of carbonyl (C=O) groups is 1. The third-order valence-electron chi connectivity index (χ3n) is 4.49. The quantitative estimate of drug-likeness (QED) is 0.284. The molecule has 0 saturated carbocycles. The molecule has 0 aliphatic rings. The Balaban J connectivity index is 2.10. The molecule has 0 aromatic heterocycles. The van der Waals surface area contributed by atoms with E-state index >= 15 is 0 Å². The Morgan fingerprint density at radius 2 is 1.83 bits per heavy atom. The number of halogens is 2. The molecule has 8 heteroatoms. The van der Waals surface area contributed by atoms with E-state index < -0.39 is 22.5 Å². The molecular formula is C22H21BrClNO4S. The van der Waals surface area contributed by atoms with Crippen LogP contribution in [0.5, 0.6) is 0 Å². The molecule has 0 aliphatic carbocycles. The number of rotatable bonds is 8. The zero-order valence-corrected chi connectivity index (χ0v) is 19.5. The third kappa shape index (κ3) is 5.14. The van der Waals surface area contributed by atoms with Crippen molar-refractivity contribution in [2.75, 3.05) is 17.5 Å². The monoisotopic (exact) mass is 509 g/mol. The molecule has 0 saturated heterocycles. The topological polar surface area (TPSA) is 63.7 Å². The summed E-state index contributed by atoms with van der Waals surface area (Å²) in [5.41, 5.74) is 0.400. The first-order valence-electron chi connectivity index (χ1n) is 9.45. The Kier molecular flexibility index (Phi) is 7.39. The Hall–Kier alpha value is -2.09. The number of esters is 1. The zero-order valence-electron chi connectivity index (χ0n) is 16.3. The first-order valence-corrected chi connectivity index (χ1v) is 12.1. The van der Waals surface area contributed by atoms with E-state index in [1.54, 1.807) is 18.2 Å². The maximum absolute atomic E-state index is 13.6. The van der Waals surface area contributed by atoms with Crippen molar-refractivity contribution in [3.8, 4) is 0 Å². The molecule has 30 heavy (non-hydrogen) atoms. The average molecular weight is 511 g/mol. The van der Waals surface area contributed by atoms with Crippen molar-refractivity contribution in [2.24, 2.45) is 0 Å². The highest BCUT2D eigenvalue weighted by Crippen LogP contribution is 2.32. The third-order valence-corrected chi connectivity index (χ3v) is 6.91. The molecule has 0 unspecified atom stereocenters. The number of fused-ring (bicyclic) bond motifs is 1. The SMILES string of the molecule is CCCCOC(=O)CN(c1cccc2ccccc12)S(=O)(=O)c1cc(Cl)cc(Br)c1. The van der Waals surface area contributed by atoms with Gasteiger partial charge in [-0.3, -0.25) is 9.10 Å². The van der Waals surface area contributed by atoms with Crippen LogP contribution in [0.25, 0.3) is 10.8 Å². The van der Waals surface area contributed by atoms with Crippen LogP contribution in [-0.4, -0.2) is 27.5 Å². The fraction of sp³-hybridized carbons (Fsp3) is 0.227. The van der Waals surface area contributed by atoms with Gasteiger partial charge in [-0.25, -0.2) is 8.42 Å². The van der Waals surface area contributed by atoms with Crippen LogP contribution in [0.2, 0.25) is 5.02 Å². The lowest BCUT2D eigenvalue weighted by Crippen LogP contribution is -2.37. The first-order chi connectivity index (χ1) is 14.3. The summed E-state index contributed by atoms with van der Waals surface area (Å²) in [7, 11) is -4.10. The summed E-state index contributed by atoms with van der Waals surface area (Å²) in [6.07, 6.45) is 1.59. The second kappa shape index (κ2) is 9.81. The van der Waals surface area contributed by atoms with Crippen LogP contribution in [0.15, 0.2) is 70.0 Å². The van der Waals surface area contributed by atoms with Gasteiger partial charge in [0.05, 0.1) is 17.2 Å². The molecule has 0 heterocycles. The maximum Gasteiger partial charge on any atom is 0.326 e. The Morgan fingerprint density at radius 3 is 2.57 bits per heavy atom. The molecule has 158 valence electrons. The molecule has 0 fully saturated rings. The normalized spacial score (nSPS) is 11.4. The van der Waals surface area contributed by atoms with Crippen molar-refractivity contribution < 1.29 is 17.9 Å². The number of ether oxygens (including phenoxy) is 1. The van der Waals surface area contributed by atoms with Crippen molar-refractivity contribution in [3.63, 3.8) is 0 Å². The van der Waals surface area contributed by atoms with Gasteiger partial charge in [0.1, 0.15) is 6.54 Å². The second-order valence-electron chi connectivity index (χ2n) is 6.69. The molecule has 0 bridgehead atoms. The summed E-state index contributed by atoms with van der Waals surface area (Å²) < 4.78 is 34.0. The van der Waals surface area contributed by atoms with Crippen LogP contribution < -0.4 is 4.31 Å². The van der Waals surface area contributed by atoms with Crippen LogP contribution in [-0.2, 0) is 19.6 Å². The van der Waals surface area contributed by atoms with Gasteiger partial charge in [-0.1, -0.05) is 77.3 Å². The highest BCUT2D eigenvalue weighted by Gasteiger charge is 2.29. The summed E-state index contributed by atoms with van der Waals surface area (Å²) in [5, 5.41) is 1.85. The Morgan fingerprint density at radius 1 is 1.10 bits per heavy atom. The van der Waals surface area contributed by atoms with Crippen molar-refractivity contribution in [1.82, 2.24) is 0 Å². The lowest BCUT2D eigenvalue weighted by atomic mass is 10.1. The highest BCUT2D eigenvalue weighted by molar-refractivity contribution is 9.10. The standard InChI is InChI=1S/C22H21BrClNO4S/c1-2-3-11-29-22(26)15-25(21-10-6-8-16-7-4-5-9-20(16)21)30(27,28)19-13-17(23)12-18(24)14-19/h4-10,12-14H,2-3,11,15H2,1H3. The summed E-state index contributed by atoms with van der Waals surface area (Å²) in [6, 6.07) is 17.2. The molecule has 3 aromatic rings. The highest BCUT2D eigenvalue weighted by atomic mass is 79.9. The van der Waals surface area contributed by atoms with Gasteiger partial charge in [0, 0.05) is 14.9 Å². The van der Waals surface area contributed by atoms with Gasteiger partial charge in [-0.2, -0.15) is 0 Å². The molecule has 0 amide bonds. The molecule has 3 aromatic carbocycles. The van der Waals surface area contributed by atoms with E-state index in [1.807, 2.05) is 37.3 Å². The fourth-order valence-electron chi connectivity index (χ4n) is 3.02. The van der Waals surface area contributed by atoms with Crippen LogP contribution in [0, 0.1) is 0 Å². The summed E-state index contributed by atoms with van der Waals surface area (Å²) in [5.74, 6) is -0.610. The van der Waals surface area contributed by atoms with Crippen molar-refractivity contribution in [2.45, 2.75) is 24.7 Å². The number of anilines is 1. The van der Waals surface area contributed by atoms with Crippen LogP contribution >= 0.6 is 27.5 Å². The minimum atomic E-state index is -4.10. The number of benzene rings is 3. The Labute approximate surface area is 189 Å². The number of sulfonamides is 1. The van der Waals surface area contributed by atoms with Crippen molar-refractivity contribution in [3.05, 3.63) is 70.2 Å². The minimum absolute atomic E-state index is 0.0174. The molecule has 0 atom stereocenters. The average Bonchev–Trinajstić information content (AvgIpc) is 2.71. The molecule has 5 nitrogen and oxygen atoms in total. The minimum Gasteiger partial charge on any atom is -0.464 e. The van der Waals surface area contributed by atoms with Crippen LogP contribution in [0.1, 0.15) is 19.8 Å². The van der Waals surface area contributed by atoms with Gasteiger partial charge in [-0.05, 0) is 36.1 Å². The fourth-order valence-corrected chi connectivity index (χ4v) is 5.60. The maximum atomic E-state index is 13.6. The predicted molar refractivity (Wildman–Crippen MR) is 123 cm³/mol. The van der Waals surface area contributed by atoms with E-state index in [1.165, 1.54) is 12.1 Å². The second-order valence-corrected chi connectivity index (χ2v) is 9.90. The van der Waals surface area contributed by atoms with Crippen LogP contribution in [0.4, 0.5) is 5.69 Å². The van der Waals surface area contributed by atoms with Gasteiger partial charge < -0.3 is 4.74 Å². The van der Waals surface area contributed by atoms with E-state index in [9.17, 15) is 13.2 Å². The first kappa shape index (κ1) is 22.6. The summed E-state index contributed by atoms with van der Waals surface area (Å²) >= 11 is 9.37. The molecule has 3 rings (SSSR count). The van der Waals surface area contributed by atoms with Crippen LogP contribution in [0.3, 0.4) is 0 Å². The van der Waals surface area contributed by atoms with Gasteiger partial charge in [0.15, 0.2) is 0 Å². The van der Waals surface area contributed by atoms with E-state index in [0.717, 1.165) is 16.1 Å². The number of unbranched alkanes of at least 4 members (excludes halogenated alkanes) is 1. The Bertz CT molecular complexity index is 1140.